The van der Waals surface area contributed by atoms with Crippen LogP contribution in [0.2, 0.25) is 0 Å². The van der Waals surface area contributed by atoms with E-state index < -0.39 is 0 Å². The molecule has 0 saturated carbocycles. The van der Waals surface area contributed by atoms with E-state index in [1.54, 1.807) is 0 Å². The molecule has 1 aromatic rings. The summed E-state index contributed by atoms with van der Waals surface area (Å²) in [6.07, 6.45) is 0. The quantitative estimate of drug-likeness (QED) is 0.570. The normalized spacial score (nSPS) is 9.80. The van der Waals surface area contributed by atoms with Gasteiger partial charge in [-0.05, 0) is 6.07 Å². The number of nitrogens with zero attached hydrogens (tertiary/aromatic N) is 1. The molecule has 0 aliphatic rings. The topological polar surface area (TPSA) is 17.0 Å². The Bertz CT molecular complexity index is 322. The summed E-state index contributed by atoms with van der Waals surface area (Å²) in [5.41, 5.74) is 1.05. The molecule has 0 bridgehead atoms. The first-order valence-electron chi connectivity index (χ1n) is 3.18. The van der Waals surface area contributed by atoms with Gasteiger partial charge in [0.15, 0.2) is 0 Å². The molecule has 0 aliphatic heterocycles. The first-order valence-corrected chi connectivity index (χ1v) is 3.18. The van der Waals surface area contributed by atoms with E-state index in [0.717, 1.165) is 16.4 Å². The lowest BCUT2D eigenvalue weighted by Crippen LogP contribution is -2.21. The maximum absolute atomic E-state index is 3.87. The molecule has 10 heavy (non-hydrogen) atoms. The zero-order valence-electron chi connectivity index (χ0n) is 6.44. The third kappa shape index (κ3) is 0.817. The molecule has 1 heterocycles. The average molecular weight is 136 g/mol. The molecular weight excluding hydrogens is 124 g/mol. The summed E-state index contributed by atoms with van der Waals surface area (Å²) in [6, 6.07) is 1.97. The zero-order chi connectivity index (χ0) is 7.72. The summed E-state index contributed by atoms with van der Waals surface area (Å²) in [6.45, 7) is 7.70. The highest BCUT2D eigenvalue weighted by Crippen LogP contribution is 1.89. The summed E-state index contributed by atoms with van der Waals surface area (Å²) in [5.74, 6) is 0. The summed E-state index contributed by atoms with van der Waals surface area (Å²) < 4.78 is 1.95. The van der Waals surface area contributed by atoms with Gasteiger partial charge in [0, 0.05) is 19.4 Å². The van der Waals surface area contributed by atoms with Crippen molar-refractivity contribution < 1.29 is 0 Å². The van der Waals surface area contributed by atoms with Crippen LogP contribution in [-0.2, 0) is 7.05 Å². The van der Waals surface area contributed by atoms with Crippen LogP contribution in [0.1, 0.15) is 0 Å². The van der Waals surface area contributed by atoms with E-state index in [4.69, 9.17) is 0 Å². The van der Waals surface area contributed by atoms with Crippen LogP contribution in [0.15, 0.2) is 6.07 Å². The standard InChI is InChI=1S/C8H12N2/c1-6-5-8(9-3)7(2)10(6)4/h5,9H,1-2H2,3-4H3. The Labute approximate surface area is 60.5 Å². The largest absolute Gasteiger partial charge is 0.386 e. The summed E-state index contributed by atoms with van der Waals surface area (Å²) in [5, 5.41) is 4.99. The van der Waals surface area contributed by atoms with Crippen LogP contribution in [-0.4, -0.2) is 11.6 Å². The minimum absolute atomic E-state index is 0.979. The van der Waals surface area contributed by atoms with E-state index in [9.17, 15) is 0 Å². The molecular formula is C8H12N2. The van der Waals surface area contributed by atoms with Gasteiger partial charge in [-0.15, -0.1) is 0 Å². The van der Waals surface area contributed by atoms with Crippen LogP contribution < -0.4 is 16.0 Å². The predicted octanol–water partition coefficient (Wildman–Crippen LogP) is -0.113. The number of rotatable bonds is 1. The van der Waals surface area contributed by atoms with Crippen LogP contribution >= 0.6 is 0 Å². The molecule has 0 atom stereocenters. The zero-order valence-corrected chi connectivity index (χ0v) is 6.44. The van der Waals surface area contributed by atoms with Gasteiger partial charge in [0.2, 0.25) is 0 Å². The molecule has 54 valence electrons. The first-order chi connectivity index (χ1) is 4.66. The van der Waals surface area contributed by atoms with E-state index in [1.165, 1.54) is 0 Å². The number of hydrogen-bond donors (Lipinski definition) is 1. The molecule has 1 N–H and O–H groups in total. The molecule has 0 amide bonds. The summed E-state index contributed by atoms with van der Waals surface area (Å²) in [4.78, 5) is 0. The monoisotopic (exact) mass is 136 g/mol. The molecule has 0 aromatic carbocycles. The molecule has 2 heteroatoms. The Hall–Kier alpha value is -1.18. The van der Waals surface area contributed by atoms with E-state index in [1.807, 2.05) is 24.7 Å². The summed E-state index contributed by atoms with van der Waals surface area (Å²) in [7, 11) is 3.83. The fourth-order valence-corrected chi connectivity index (χ4v) is 0.917. The molecule has 1 rings (SSSR count). The van der Waals surface area contributed by atoms with Gasteiger partial charge >= 0.3 is 0 Å². The van der Waals surface area contributed by atoms with Crippen molar-refractivity contribution in [2.24, 2.45) is 7.05 Å². The maximum atomic E-state index is 3.87. The maximum Gasteiger partial charge on any atom is 0.0593 e. The lowest BCUT2D eigenvalue weighted by molar-refractivity contribution is 0.865. The Morgan fingerprint density at radius 3 is 2.30 bits per heavy atom. The highest BCUT2D eigenvalue weighted by Gasteiger charge is 1.94. The van der Waals surface area contributed by atoms with Crippen LogP contribution in [0, 0.1) is 0 Å². The molecule has 0 unspecified atom stereocenters. The molecule has 0 radical (unpaired) electrons. The smallest absolute Gasteiger partial charge is 0.0593 e. The van der Waals surface area contributed by atoms with Gasteiger partial charge in [-0.25, -0.2) is 0 Å². The van der Waals surface area contributed by atoms with E-state index in [2.05, 4.69) is 18.5 Å². The third-order valence-electron chi connectivity index (χ3n) is 1.73. The van der Waals surface area contributed by atoms with Crippen molar-refractivity contribution in [3.8, 4) is 0 Å². The second kappa shape index (κ2) is 2.21. The fourth-order valence-electron chi connectivity index (χ4n) is 0.917. The van der Waals surface area contributed by atoms with Crippen molar-refractivity contribution in [2.45, 2.75) is 0 Å². The molecule has 1 aromatic heterocycles. The number of hydrogen-bond acceptors (Lipinski definition) is 1. The first kappa shape index (κ1) is 6.93. The Morgan fingerprint density at radius 1 is 1.50 bits per heavy atom. The third-order valence-corrected chi connectivity index (χ3v) is 1.73. The minimum atomic E-state index is 0.979. The second-order valence-electron chi connectivity index (χ2n) is 2.31. The van der Waals surface area contributed by atoms with E-state index >= 15 is 0 Å². The Kier molecular flexibility index (Phi) is 1.53. The highest BCUT2D eigenvalue weighted by molar-refractivity contribution is 5.44. The Morgan fingerprint density at radius 2 is 2.10 bits per heavy atom. The highest BCUT2D eigenvalue weighted by atomic mass is 15.0. The lowest BCUT2D eigenvalue weighted by Gasteiger charge is -1.92. The van der Waals surface area contributed by atoms with Crippen molar-refractivity contribution in [3.05, 3.63) is 16.8 Å². The van der Waals surface area contributed by atoms with E-state index in [0.29, 0.717) is 0 Å². The van der Waals surface area contributed by atoms with Crippen LogP contribution in [0.4, 0.5) is 5.69 Å². The van der Waals surface area contributed by atoms with Gasteiger partial charge in [-0.3, -0.25) is 0 Å². The second-order valence-corrected chi connectivity index (χ2v) is 2.31. The minimum Gasteiger partial charge on any atom is -0.386 e. The van der Waals surface area contributed by atoms with Crippen LogP contribution in [0.25, 0.3) is 13.2 Å². The van der Waals surface area contributed by atoms with E-state index in [-0.39, 0.29) is 0 Å². The van der Waals surface area contributed by atoms with Gasteiger partial charge in [0.05, 0.1) is 11.0 Å². The van der Waals surface area contributed by atoms with Crippen LogP contribution in [0.5, 0.6) is 0 Å². The number of aromatic nitrogens is 1. The average Bonchev–Trinajstić information content (AvgIpc) is 2.17. The molecule has 0 aliphatic carbocycles. The SMILES string of the molecule is C=c1cc(NC)c(=C)n1C. The Balaban J connectivity index is 3.46. The van der Waals surface area contributed by atoms with Crippen LogP contribution in [0.3, 0.4) is 0 Å². The predicted molar refractivity (Wildman–Crippen MR) is 45.3 cm³/mol. The number of anilines is 1. The molecule has 2 nitrogen and oxygen atoms in total. The van der Waals surface area contributed by atoms with Crippen molar-refractivity contribution in [3.63, 3.8) is 0 Å². The lowest BCUT2D eigenvalue weighted by atomic mass is 10.5. The molecule has 0 saturated heterocycles. The van der Waals surface area contributed by atoms with Gasteiger partial charge in [0.25, 0.3) is 0 Å². The van der Waals surface area contributed by atoms with Gasteiger partial charge in [-0.1, -0.05) is 13.2 Å². The van der Waals surface area contributed by atoms with Crippen molar-refractivity contribution in [1.82, 2.24) is 4.57 Å². The summed E-state index contributed by atoms with van der Waals surface area (Å²) >= 11 is 0. The van der Waals surface area contributed by atoms with Crippen molar-refractivity contribution >= 4 is 18.8 Å². The van der Waals surface area contributed by atoms with Crippen molar-refractivity contribution in [1.29, 1.82) is 0 Å². The van der Waals surface area contributed by atoms with Gasteiger partial charge in [0.1, 0.15) is 0 Å². The van der Waals surface area contributed by atoms with Gasteiger partial charge < -0.3 is 9.88 Å². The van der Waals surface area contributed by atoms with Crippen molar-refractivity contribution in [2.75, 3.05) is 12.4 Å². The van der Waals surface area contributed by atoms with Gasteiger partial charge in [-0.2, -0.15) is 0 Å². The molecule has 0 spiro atoms. The fraction of sp³-hybridized carbons (Fsp3) is 0.250. The number of nitrogens with one attached hydrogen (secondary N) is 1. The molecule has 0 fully saturated rings.